The van der Waals surface area contributed by atoms with Crippen LogP contribution >= 0.6 is 0 Å². The van der Waals surface area contributed by atoms with Crippen LogP contribution in [0.2, 0.25) is 0 Å². The van der Waals surface area contributed by atoms with Crippen molar-refractivity contribution in [3.05, 3.63) is 35.6 Å². The summed E-state index contributed by atoms with van der Waals surface area (Å²) in [5, 5.41) is 2.93. The van der Waals surface area contributed by atoms with E-state index in [1.54, 1.807) is 12.1 Å². The van der Waals surface area contributed by atoms with Crippen LogP contribution in [0.1, 0.15) is 39.2 Å². The Morgan fingerprint density at radius 3 is 2.91 bits per heavy atom. The zero-order valence-electron chi connectivity index (χ0n) is 13.6. The lowest BCUT2D eigenvalue weighted by atomic mass is 10.0. The van der Waals surface area contributed by atoms with Crippen LogP contribution in [0.5, 0.6) is 0 Å². The van der Waals surface area contributed by atoms with Gasteiger partial charge in [0, 0.05) is 19.1 Å². The number of amides is 1. The van der Waals surface area contributed by atoms with Crippen LogP contribution in [0.4, 0.5) is 9.18 Å². The van der Waals surface area contributed by atoms with Crippen molar-refractivity contribution in [3.8, 4) is 0 Å². The van der Waals surface area contributed by atoms with Crippen molar-refractivity contribution in [3.63, 3.8) is 0 Å². The molecular weight excluding hydrogens is 283 g/mol. The fourth-order valence-electron chi connectivity index (χ4n) is 2.68. The van der Waals surface area contributed by atoms with Crippen molar-refractivity contribution in [2.24, 2.45) is 0 Å². The summed E-state index contributed by atoms with van der Waals surface area (Å²) in [7, 11) is 0. The fourth-order valence-corrected chi connectivity index (χ4v) is 2.68. The molecule has 22 heavy (non-hydrogen) atoms. The summed E-state index contributed by atoms with van der Waals surface area (Å²) in [6.07, 6.45) is 1.58. The molecule has 1 aromatic rings. The number of nitrogens with one attached hydrogen (secondary N) is 1. The summed E-state index contributed by atoms with van der Waals surface area (Å²) in [6, 6.07) is 6.74. The van der Waals surface area contributed by atoms with E-state index in [9.17, 15) is 9.18 Å². The van der Waals surface area contributed by atoms with Gasteiger partial charge in [-0.15, -0.1) is 0 Å². The number of hydrogen-bond acceptors (Lipinski definition) is 3. The van der Waals surface area contributed by atoms with Crippen molar-refractivity contribution in [2.45, 2.75) is 51.8 Å². The zero-order chi connectivity index (χ0) is 16.2. The van der Waals surface area contributed by atoms with Gasteiger partial charge in [0.25, 0.3) is 0 Å². The summed E-state index contributed by atoms with van der Waals surface area (Å²) in [5.74, 6) is -0.210. The normalized spacial score (nSPS) is 19.7. The van der Waals surface area contributed by atoms with Crippen LogP contribution in [0.15, 0.2) is 24.3 Å². The van der Waals surface area contributed by atoms with Crippen molar-refractivity contribution in [1.82, 2.24) is 10.2 Å². The second-order valence-corrected chi connectivity index (χ2v) is 6.85. The Kier molecular flexibility index (Phi) is 5.40. The number of ether oxygens (including phenoxy) is 1. The van der Waals surface area contributed by atoms with Crippen molar-refractivity contribution in [1.29, 1.82) is 0 Å². The Morgan fingerprint density at radius 2 is 2.23 bits per heavy atom. The van der Waals surface area contributed by atoms with Crippen LogP contribution in [-0.2, 0) is 11.3 Å². The number of carbonyl (C=O) groups excluding carboxylic acids is 1. The van der Waals surface area contributed by atoms with E-state index >= 15 is 0 Å². The third-order valence-electron chi connectivity index (χ3n) is 3.52. The molecule has 0 saturated carbocycles. The molecule has 0 spiro atoms. The molecule has 1 atom stereocenters. The highest BCUT2D eigenvalue weighted by atomic mass is 19.1. The number of rotatable bonds is 3. The van der Waals surface area contributed by atoms with E-state index in [1.807, 2.05) is 26.8 Å². The van der Waals surface area contributed by atoms with E-state index in [0.29, 0.717) is 6.54 Å². The number of piperidine rings is 1. The Morgan fingerprint density at radius 1 is 1.45 bits per heavy atom. The molecule has 1 aliphatic heterocycles. The molecule has 0 radical (unpaired) electrons. The Balaban J connectivity index is 1.85. The quantitative estimate of drug-likeness (QED) is 0.931. The minimum atomic E-state index is -0.486. The van der Waals surface area contributed by atoms with Gasteiger partial charge in [-0.2, -0.15) is 0 Å². The van der Waals surface area contributed by atoms with Crippen LogP contribution < -0.4 is 5.32 Å². The van der Waals surface area contributed by atoms with Gasteiger partial charge in [0.05, 0.1) is 0 Å². The molecule has 0 aromatic heterocycles. The van der Waals surface area contributed by atoms with Crippen LogP contribution in [-0.4, -0.2) is 35.7 Å². The molecule has 0 aliphatic carbocycles. The van der Waals surface area contributed by atoms with Gasteiger partial charge in [0.2, 0.25) is 0 Å². The summed E-state index contributed by atoms with van der Waals surface area (Å²) in [5.41, 5.74) is 0.470. The van der Waals surface area contributed by atoms with Gasteiger partial charge in [-0.05, 0) is 57.9 Å². The molecule has 122 valence electrons. The first-order chi connectivity index (χ1) is 10.3. The predicted octanol–water partition coefficient (Wildman–Crippen LogP) is 3.31. The molecule has 0 bridgehead atoms. The van der Waals surface area contributed by atoms with Crippen molar-refractivity contribution < 1.29 is 13.9 Å². The number of nitrogens with zero attached hydrogens (tertiary/aromatic N) is 1. The third kappa shape index (κ3) is 5.64. The van der Waals surface area contributed by atoms with Gasteiger partial charge in [0.1, 0.15) is 11.4 Å². The molecule has 1 amide bonds. The molecule has 5 heteroatoms. The number of halogens is 1. The molecule has 1 aromatic carbocycles. The maximum Gasteiger partial charge on any atom is 0.407 e. The van der Waals surface area contributed by atoms with Crippen molar-refractivity contribution >= 4 is 6.09 Å². The average molecular weight is 308 g/mol. The molecule has 1 fully saturated rings. The number of alkyl carbamates (subject to hydrolysis) is 1. The number of carbonyl (C=O) groups is 1. The zero-order valence-corrected chi connectivity index (χ0v) is 13.6. The Labute approximate surface area is 131 Å². The average Bonchev–Trinajstić information content (AvgIpc) is 2.36. The first-order valence-electron chi connectivity index (χ1n) is 7.78. The smallest absolute Gasteiger partial charge is 0.407 e. The van der Waals surface area contributed by atoms with Gasteiger partial charge in [-0.25, -0.2) is 9.18 Å². The highest BCUT2D eigenvalue weighted by Gasteiger charge is 2.24. The monoisotopic (exact) mass is 308 g/mol. The summed E-state index contributed by atoms with van der Waals surface area (Å²) in [6.45, 7) is 7.97. The second kappa shape index (κ2) is 7.09. The topological polar surface area (TPSA) is 41.6 Å². The maximum atomic E-state index is 13.2. The van der Waals surface area contributed by atoms with E-state index in [1.165, 1.54) is 6.07 Å². The molecule has 1 saturated heterocycles. The van der Waals surface area contributed by atoms with Crippen LogP contribution in [0.3, 0.4) is 0 Å². The molecule has 4 nitrogen and oxygen atoms in total. The number of likely N-dealkylation sites (tertiary alicyclic amines) is 1. The summed E-state index contributed by atoms with van der Waals surface area (Å²) >= 11 is 0. The standard InChI is InChI=1S/C17H25FN2O2/c1-17(2,3)22-16(21)19-15-8-5-9-20(12-15)11-13-6-4-7-14(18)10-13/h4,6-7,10,15H,5,8-9,11-12H2,1-3H3,(H,19,21). The number of hydrogen-bond donors (Lipinski definition) is 1. The highest BCUT2D eigenvalue weighted by molar-refractivity contribution is 5.68. The molecule has 1 aliphatic rings. The van der Waals surface area contributed by atoms with Gasteiger partial charge >= 0.3 is 6.09 Å². The van der Waals surface area contributed by atoms with Gasteiger partial charge in [-0.3, -0.25) is 4.90 Å². The SMILES string of the molecule is CC(C)(C)OC(=O)NC1CCCN(Cc2cccc(F)c2)C1. The van der Waals surface area contributed by atoms with Crippen molar-refractivity contribution in [2.75, 3.05) is 13.1 Å². The molecular formula is C17H25FN2O2. The maximum absolute atomic E-state index is 13.2. The van der Waals surface area contributed by atoms with E-state index < -0.39 is 5.60 Å². The molecule has 2 rings (SSSR count). The minimum absolute atomic E-state index is 0.0807. The van der Waals surface area contributed by atoms with E-state index in [4.69, 9.17) is 4.74 Å². The predicted molar refractivity (Wildman–Crippen MR) is 84.1 cm³/mol. The lowest BCUT2D eigenvalue weighted by Crippen LogP contribution is -2.48. The largest absolute Gasteiger partial charge is 0.444 e. The Hall–Kier alpha value is -1.62. The molecule has 1 heterocycles. The second-order valence-electron chi connectivity index (χ2n) is 6.85. The van der Waals surface area contributed by atoms with Gasteiger partial charge in [-0.1, -0.05) is 12.1 Å². The fraction of sp³-hybridized carbons (Fsp3) is 0.588. The van der Waals surface area contributed by atoms with Crippen LogP contribution in [0, 0.1) is 5.82 Å². The lowest BCUT2D eigenvalue weighted by Gasteiger charge is -2.33. The van der Waals surface area contributed by atoms with Crippen LogP contribution in [0.25, 0.3) is 0 Å². The lowest BCUT2D eigenvalue weighted by molar-refractivity contribution is 0.0470. The Bertz CT molecular complexity index is 514. The van der Waals surface area contributed by atoms with Gasteiger partial charge < -0.3 is 10.1 Å². The van der Waals surface area contributed by atoms with E-state index in [2.05, 4.69) is 10.2 Å². The van der Waals surface area contributed by atoms with E-state index in [-0.39, 0.29) is 18.0 Å². The molecule has 1 N–H and O–H groups in total. The van der Waals surface area contributed by atoms with E-state index in [0.717, 1.165) is 31.5 Å². The first-order valence-corrected chi connectivity index (χ1v) is 7.78. The summed E-state index contributed by atoms with van der Waals surface area (Å²) in [4.78, 5) is 14.1. The molecule has 1 unspecified atom stereocenters. The first kappa shape index (κ1) is 16.7. The van der Waals surface area contributed by atoms with Gasteiger partial charge in [0.15, 0.2) is 0 Å². The third-order valence-corrected chi connectivity index (χ3v) is 3.52. The summed E-state index contributed by atoms with van der Waals surface area (Å²) < 4.78 is 18.5. The highest BCUT2D eigenvalue weighted by Crippen LogP contribution is 2.15. The number of benzene rings is 1. The minimum Gasteiger partial charge on any atom is -0.444 e.